The molecule has 156 valence electrons. The highest BCUT2D eigenvalue weighted by atomic mass is 16.5. The van der Waals surface area contributed by atoms with Gasteiger partial charge in [0.25, 0.3) is 5.56 Å². The van der Waals surface area contributed by atoms with Gasteiger partial charge in [-0.15, -0.1) is 0 Å². The Balaban J connectivity index is 1.75. The summed E-state index contributed by atoms with van der Waals surface area (Å²) in [4.78, 5) is 43.8. The number of ketones is 1. The summed E-state index contributed by atoms with van der Waals surface area (Å²) in [5.74, 6) is 0.342. The summed E-state index contributed by atoms with van der Waals surface area (Å²) in [6, 6.07) is 15.8. The molecule has 0 amide bonds. The highest BCUT2D eigenvalue weighted by Crippen LogP contribution is 2.33. The highest BCUT2D eigenvalue weighted by Gasteiger charge is 2.31. The van der Waals surface area contributed by atoms with Crippen molar-refractivity contribution in [1.29, 1.82) is 0 Å². The minimum atomic E-state index is -0.455. The Bertz CT molecular complexity index is 1410. The van der Waals surface area contributed by atoms with Crippen molar-refractivity contribution in [2.24, 2.45) is 0 Å². The van der Waals surface area contributed by atoms with Gasteiger partial charge in [0.05, 0.1) is 25.7 Å². The van der Waals surface area contributed by atoms with Crippen LogP contribution >= 0.6 is 0 Å². The topological polar surface area (TPSA) is 88.1 Å². The zero-order chi connectivity index (χ0) is 21.5. The predicted octanol–water partition coefficient (Wildman–Crippen LogP) is 2.58. The van der Waals surface area contributed by atoms with Crippen LogP contribution in [-0.4, -0.2) is 31.6 Å². The standard InChI is InChI=1S/C23H20N4O4/c1-31-19-10-6-5-9-17(19)27-21-20(22(29)26(23(27)30)16-11-12-16)25(14-24-21)13-18(28)15-7-3-2-4-8-15/h2-10,14,16H,11-13H2,1H3. The maximum absolute atomic E-state index is 13.4. The SMILES string of the molecule is COc1ccccc1-n1c(=O)n(C2CC2)c(=O)c2c1ncn2CC(=O)c1ccccc1. The van der Waals surface area contributed by atoms with Gasteiger partial charge in [-0.05, 0) is 25.0 Å². The van der Waals surface area contributed by atoms with Crippen LogP contribution in [0.1, 0.15) is 29.2 Å². The normalized spacial score (nSPS) is 13.5. The number of hydrogen-bond acceptors (Lipinski definition) is 5. The van der Waals surface area contributed by atoms with E-state index in [-0.39, 0.29) is 29.5 Å². The number of benzene rings is 2. The van der Waals surface area contributed by atoms with Gasteiger partial charge in [0.15, 0.2) is 16.9 Å². The van der Waals surface area contributed by atoms with E-state index in [1.165, 1.54) is 27.1 Å². The van der Waals surface area contributed by atoms with Gasteiger partial charge in [-0.1, -0.05) is 42.5 Å². The third kappa shape index (κ3) is 3.16. The number of carbonyl (C=O) groups excluding carboxylic acids is 1. The number of ether oxygens (including phenoxy) is 1. The summed E-state index contributed by atoms with van der Waals surface area (Å²) in [7, 11) is 1.52. The number of nitrogens with zero attached hydrogens (tertiary/aromatic N) is 4. The highest BCUT2D eigenvalue weighted by molar-refractivity contribution is 5.96. The summed E-state index contributed by atoms with van der Waals surface area (Å²) in [6.45, 7) is -0.0510. The molecular formula is C23H20N4O4. The Morgan fingerprint density at radius 1 is 1.06 bits per heavy atom. The van der Waals surface area contributed by atoms with Gasteiger partial charge < -0.3 is 9.30 Å². The van der Waals surface area contributed by atoms with Crippen LogP contribution in [0.2, 0.25) is 0 Å². The van der Waals surface area contributed by atoms with Gasteiger partial charge >= 0.3 is 5.69 Å². The molecule has 2 heterocycles. The smallest absolute Gasteiger partial charge is 0.337 e. The van der Waals surface area contributed by atoms with Crippen molar-refractivity contribution < 1.29 is 9.53 Å². The fourth-order valence-electron chi connectivity index (χ4n) is 3.83. The number of imidazole rings is 1. The number of Topliss-reactive ketones (excluding diaryl/α,β-unsaturated/α-hetero) is 1. The molecule has 8 nitrogen and oxygen atoms in total. The maximum Gasteiger partial charge on any atom is 0.337 e. The second kappa shape index (κ2) is 7.39. The zero-order valence-corrected chi connectivity index (χ0v) is 16.9. The van der Waals surface area contributed by atoms with Crippen LogP contribution in [0.5, 0.6) is 5.75 Å². The predicted molar refractivity (Wildman–Crippen MR) is 115 cm³/mol. The molecule has 31 heavy (non-hydrogen) atoms. The lowest BCUT2D eigenvalue weighted by molar-refractivity contribution is 0.0973. The van der Waals surface area contributed by atoms with Gasteiger partial charge in [-0.25, -0.2) is 14.3 Å². The van der Waals surface area contributed by atoms with Crippen molar-refractivity contribution in [2.45, 2.75) is 25.4 Å². The molecule has 0 unspecified atom stereocenters. The number of fused-ring (bicyclic) bond motifs is 1. The molecule has 0 aliphatic heterocycles. The second-order valence-corrected chi connectivity index (χ2v) is 7.53. The lowest BCUT2D eigenvalue weighted by atomic mass is 10.1. The van der Waals surface area contributed by atoms with E-state index in [4.69, 9.17) is 4.74 Å². The molecule has 1 saturated carbocycles. The molecular weight excluding hydrogens is 396 g/mol. The quantitative estimate of drug-likeness (QED) is 0.451. The van der Waals surface area contributed by atoms with Crippen molar-refractivity contribution in [1.82, 2.24) is 18.7 Å². The van der Waals surface area contributed by atoms with Gasteiger partial charge in [-0.3, -0.25) is 14.2 Å². The Labute approximate surface area is 177 Å². The average Bonchev–Trinajstić information content (AvgIpc) is 3.54. The van der Waals surface area contributed by atoms with E-state index < -0.39 is 11.2 Å². The van der Waals surface area contributed by atoms with Crippen LogP contribution in [-0.2, 0) is 6.54 Å². The van der Waals surface area contributed by atoms with Gasteiger partial charge in [0.2, 0.25) is 0 Å². The molecule has 8 heteroatoms. The van der Waals surface area contributed by atoms with Crippen molar-refractivity contribution in [2.75, 3.05) is 7.11 Å². The molecule has 0 N–H and O–H groups in total. The molecule has 1 fully saturated rings. The first kappa shape index (κ1) is 19.0. The molecule has 0 saturated heterocycles. The molecule has 4 aromatic rings. The largest absolute Gasteiger partial charge is 0.495 e. The van der Waals surface area contributed by atoms with Crippen LogP contribution in [0.3, 0.4) is 0 Å². The summed E-state index contributed by atoms with van der Waals surface area (Å²) in [5, 5.41) is 0. The molecule has 0 atom stereocenters. The molecule has 0 radical (unpaired) electrons. The summed E-state index contributed by atoms with van der Waals surface area (Å²) >= 11 is 0. The van der Waals surface area contributed by atoms with Crippen LogP contribution in [0.4, 0.5) is 0 Å². The Morgan fingerprint density at radius 2 is 1.77 bits per heavy atom. The first-order chi connectivity index (χ1) is 15.1. The molecule has 0 spiro atoms. The minimum absolute atomic E-state index is 0.0510. The Morgan fingerprint density at radius 3 is 2.48 bits per heavy atom. The number of rotatable bonds is 6. The van der Waals surface area contributed by atoms with Crippen LogP contribution in [0, 0.1) is 0 Å². The first-order valence-electron chi connectivity index (χ1n) is 10.0. The van der Waals surface area contributed by atoms with E-state index in [0.29, 0.717) is 17.0 Å². The minimum Gasteiger partial charge on any atom is -0.495 e. The van der Waals surface area contributed by atoms with Crippen molar-refractivity contribution in [3.63, 3.8) is 0 Å². The summed E-state index contributed by atoms with van der Waals surface area (Å²) in [5.41, 5.74) is 0.592. The Kier molecular flexibility index (Phi) is 4.54. The second-order valence-electron chi connectivity index (χ2n) is 7.53. The van der Waals surface area contributed by atoms with E-state index >= 15 is 0 Å². The van der Waals surface area contributed by atoms with Gasteiger partial charge in [-0.2, -0.15) is 0 Å². The molecule has 2 aromatic carbocycles. The molecule has 1 aliphatic rings. The van der Waals surface area contributed by atoms with Crippen LogP contribution in [0.15, 0.2) is 70.5 Å². The summed E-state index contributed by atoms with van der Waals surface area (Å²) in [6.07, 6.45) is 2.98. The van der Waals surface area contributed by atoms with Crippen LogP contribution in [0.25, 0.3) is 16.9 Å². The monoisotopic (exact) mass is 416 g/mol. The lowest BCUT2D eigenvalue weighted by Crippen LogP contribution is -2.39. The van der Waals surface area contributed by atoms with Crippen molar-refractivity contribution in [3.05, 3.63) is 87.3 Å². The average molecular weight is 416 g/mol. The zero-order valence-electron chi connectivity index (χ0n) is 16.9. The maximum atomic E-state index is 13.4. The summed E-state index contributed by atoms with van der Waals surface area (Å²) < 4.78 is 9.65. The van der Waals surface area contributed by atoms with E-state index in [2.05, 4.69) is 4.98 Å². The number of para-hydroxylation sites is 2. The number of aromatic nitrogens is 4. The van der Waals surface area contributed by atoms with Crippen LogP contribution < -0.4 is 16.0 Å². The van der Waals surface area contributed by atoms with Gasteiger partial charge in [0.1, 0.15) is 5.75 Å². The van der Waals surface area contributed by atoms with E-state index in [1.807, 2.05) is 6.07 Å². The van der Waals surface area contributed by atoms with Crippen molar-refractivity contribution >= 4 is 16.9 Å². The fraction of sp³-hybridized carbons (Fsp3) is 0.217. The van der Waals surface area contributed by atoms with E-state index in [0.717, 1.165) is 12.8 Å². The lowest BCUT2D eigenvalue weighted by Gasteiger charge is -2.14. The first-order valence-corrected chi connectivity index (χ1v) is 10.0. The fourth-order valence-corrected chi connectivity index (χ4v) is 3.83. The number of methoxy groups -OCH3 is 1. The molecule has 2 aromatic heterocycles. The molecule has 5 rings (SSSR count). The van der Waals surface area contributed by atoms with Crippen molar-refractivity contribution in [3.8, 4) is 11.4 Å². The van der Waals surface area contributed by atoms with E-state index in [9.17, 15) is 14.4 Å². The third-order valence-electron chi connectivity index (χ3n) is 5.50. The third-order valence-corrected chi connectivity index (χ3v) is 5.50. The Hall–Kier alpha value is -3.94. The number of hydrogen-bond donors (Lipinski definition) is 0. The van der Waals surface area contributed by atoms with E-state index in [1.54, 1.807) is 48.5 Å². The van der Waals surface area contributed by atoms with Gasteiger partial charge in [0, 0.05) is 11.6 Å². The number of carbonyl (C=O) groups is 1. The molecule has 1 aliphatic carbocycles. The molecule has 0 bridgehead atoms.